The molecular formula is C13H27NO. The molecule has 0 saturated carbocycles. The minimum Gasteiger partial charge on any atom is -0.374 e. The molecule has 1 saturated heterocycles. The summed E-state index contributed by atoms with van der Waals surface area (Å²) in [5, 5.41) is 3.43. The fraction of sp³-hybridized carbons (Fsp3) is 1.00. The van der Waals surface area contributed by atoms with E-state index >= 15 is 0 Å². The molecule has 1 aliphatic rings. The minimum atomic E-state index is 0.448. The second-order valence-corrected chi connectivity index (χ2v) is 5.09. The van der Waals surface area contributed by atoms with Crippen LogP contribution in [-0.4, -0.2) is 25.3 Å². The molecular weight excluding hydrogens is 186 g/mol. The highest BCUT2D eigenvalue weighted by Gasteiger charge is 2.29. The Bertz CT molecular complexity index is 172. The van der Waals surface area contributed by atoms with E-state index in [2.05, 4.69) is 33.1 Å². The van der Waals surface area contributed by atoms with Gasteiger partial charge in [-0.15, -0.1) is 0 Å². The van der Waals surface area contributed by atoms with Gasteiger partial charge in [-0.3, -0.25) is 0 Å². The largest absolute Gasteiger partial charge is 0.374 e. The molecule has 15 heavy (non-hydrogen) atoms. The molecule has 1 aliphatic heterocycles. The third-order valence-electron chi connectivity index (χ3n) is 3.52. The topological polar surface area (TPSA) is 21.3 Å². The molecule has 1 heterocycles. The van der Waals surface area contributed by atoms with E-state index in [1.54, 1.807) is 0 Å². The fourth-order valence-corrected chi connectivity index (χ4v) is 2.63. The highest BCUT2D eigenvalue weighted by Crippen LogP contribution is 2.25. The Hall–Kier alpha value is -0.0800. The lowest BCUT2D eigenvalue weighted by atomic mass is 9.93. The summed E-state index contributed by atoms with van der Waals surface area (Å²) in [4.78, 5) is 0. The molecule has 2 nitrogen and oxygen atoms in total. The first-order valence-corrected chi connectivity index (χ1v) is 6.50. The van der Waals surface area contributed by atoms with Gasteiger partial charge < -0.3 is 10.1 Å². The van der Waals surface area contributed by atoms with Gasteiger partial charge in [0.1, 0.15) is 0 Å². The van der Waals surface area contributed by atoms with Crippen LogP contribution in [0.3, 0.4) is 0 Å². The lowest BCUT2D eigenvalue weighted by Gasteiger charge is -2.26. The van der Waals surface area contributed by atoms with E-state index in [9.17, 15) is 0 Å². The van der Waals surface area contributed by atoms with Gasteiger partial charge in [-0.25, -0.2) is 0 Å². The monoisotopic (exact) mass is 213 g/mol. The van der Waals surface area contributed by atoms with Crippen molar-refractivity contribution in [3.63, 3.8) is 0 Å². The summed E-state index contributed by atoms with van der Waals surface area (Å²) in [5.74, 6) is 0.812. The molecule has 0 bridgehead atoms. The Balaban J connectivity index is 2.34. The summed E-state index contributed by atoms with van der Waals surface area (Å²) in [6, 6.07) is 0.552. The van der Waals surface area contributed by atoms with E-state index < -0.39 is 0 Å². The molecule has 0 radical (unpaired) electrons. The Morgan fingerprint density at radius 2 is 2.13 bits per heavy atom. The third-order valence-corrected chi connectivity index (χ3v) is 3.52. The first-order valence-electron chi connectivity index (χ1n) is 6.50. The van der Waals surface area contributed by atoms with Crippen LogP contribution in [0.1, 0.15) is 52.9 Å². The zero-order valence-corrected chi connectivity index (χ0v) is 10.8. The van der Waals surface area contributed by atoms with Gasteiger partial charge in [0.25, 0.3) is 0 Å². The molecule has 4 atom stereocenters. The summed E-state index contributed by atoms with van der Waals surface area (Å²) in [7, 11) is 2.07. The van der Waals surface area contributed by atoms with Crippen LogP contribution in [0.25, 0.3) is 0 Å². The van der Waals surface area contributed by atoms with Crippen molar-refractivity contribution >= 4 is 0 Å². The summed E-state index contributed by atoms with van der Waals surface area (Å²) in [6.45, 7) is 6.80. The first-order chi connectivity index (χ1) is 7.17. The van der Waals surface area contributed by atoms with Crippen LogP contribution in [0.4, 0.5) is 0 Å². The van der Waals surface area contributed by atoms with E-state index in [0.29, 0.717) is 18.2 Å². The Morgan fingerprint density at radius 3 is 2.60 bits per heavy atom. The molecule has 1 N–H and O–H groups in total. The number of likely N-dealkylation sites (N-methyl/N-ethyl adjacent to an activating group) is 1. The standard InChI is InChI=1S/C13H27NO/c1-5-6-10(2)9-12(14-4)13-8-7-11(3)15-13/h10-14H,5-9H2,1-4H3. The summed E-state index contributed by atoms with van der Waals surface area (Å²) >= 11 is 0. The van der Waals surface area contributed by atoms with Crippen molar-refractivity contribution in [1.29, 1.82) is 0 Å². The average Bonchev–Trinajstić information content (AvgIpc) is 2.61. The molecule has 2 heteroatoms. The van der Waals surface area contributed by atoms with Crippen LogP contribution >= 0.6 is 0 Å². The van der Waals surface area contributed by atoms with Gasteiger partial charge >= 0.3 is 0 Å². The molecule has 1 rings (SSSR count). The van der Waals surface area contributed by atoms with E-state index in [1.165, 1.54) is 32.1 Å². The van der Waals surface area contributed by atoms with E-state index in [1.807, 2.05) is 0 Å². The highest BCUT2D eigenvalue weighted by atomic mass is 16.5. The average molecular weight is 213 g/mol. The molecule has 0 aromatic carbocycles. The van der Waals surface area contributed by atoms with Gasteiger partial charge in [-0.05, 0) is 39.2 Å². The SMILES string of the molecule is CCCC(C)CC(NC)C1CCC(C)O1. The maximum Gasteiger partial charge on any atom is 0.0732 e. The van der Waals surface area contributed by atoms with E-state index in [4.69, 9.17) is 4.74 Å². The first kappa shape index (κ1) is 13.0. The van der Waals surface area contributed by atoms with Gasteiger partial charge in [0.05, 0.1) is 12.2 Å². The molecule has 0 spiro atoms. The van der Waals surface area contributed by atoms with Crippen LogP contribution in [0.2, 0.25) is 0 Å². The van der Waals surface area contributed by atoms with Crippen molar-refractivity contribution in [1.82, 2.24) is 5.32 Å². The van der Waals surface area contributed by atoms with E-state index in [-0.39, 0.29) is 0 Å². The molecule has 0 aromatic rings. The van der Waals surface area contributed by atoms with Crippen molar-refractivity contribution in [2.24, 2.45) is 5.92 Å². The van der Waals surface area contributed by atoms with Gasteiger partial charge in [0.15, 0.2) is 0 Å². The third kappa shape index (κ3) is 4.12. The second-order valence-electron chi connectivity index (χ2n) is 5.09. The molecule has 0 aliphatic carbocycles. The van der Waals surface area contributed by atoms with Crippen LogP contribution < -0.4 is 5.32 Å². The lowest BCUT2D eigenvalue weighted by Crippen LogP contribution is -2.39. The zero-order chi connectivity index (χ0) is 11.3. The second kappa shape index (κ2) is 6.49. The maximum absolute atomic E-state index is 5.93. The maximum atomic E-state index is 5.93. The van der Waals surface area contributed by atoms with Gasteiger partial charge in [0.2, 0.25) is 0 Å². The minimum absolute atomic E-state index is 0.448. The van der Waals surface area contributed by atoms with Crippen LogP contribution in [0.15, 0.2) is 0 Å². The lowest BCUT2D eigenvalue weighted by molar-refractivity contribution is 0.0282. The van der Waals surface area contributed by atoms with Gasteiger partial charge in [0, 0.05) is 6.04 Å². The number of hydrogen-bond acceptors (Lipinski definition) is 2. The van der Waals surface area contributed by atoms with Crippen molar-refractivity contribution in [2.75, 3.05) is 7.05 Å². The Kier molecular flexibility index (Phi) is 5.62. The molecule has 0 amide bonds. The van der Waals surface area contributed by atoms with E-state index in [0.717, 1.165) is 5.92 Å². The summed E-state index contributed by atoms with van der Waals surface area (Å²) in [5.41, 5.74) is 0. The number of hydrogen-bond donors (Lipinski definition) is 1. The number of nitrogens with one attached hydrogen (secondary N) is 1. The summed E-state index contributed by atoms with van der Waals surface area (Å²) < 4.78 is 5.93. The molecule has 0 aromatic heterocycles. The van der Waals surface area contributed by atoms with Crippen molar-refractivity contribution < 1.29 is 4.74 Å². The number of rotatable bonds is 6. The molecule has 4 unspecified atom stereocenters. The van der Waals surface area contributed by atoms with Crippen molar-refractivity contribution in [3.05, 3.63) is 0 Å². The van der Waals surface area contributed by atoms with Crippen molar-refractivity contribution in [3.8, 4) is 0 Å². The predicted molar refractivity (Wildman–Crippen MR) is 65.1 cm³/mol. The van der Waals surface area contributed by atoms with Crippen LogP contribution in [-0.2, 0) is 4.74 Å². The van der Waals surface area contributed by atoms with Crippen LogP contribution in [0.5, 0.6) is 0 Å². The highest BCUT2D eigenvalue weighted by molar-refractivity contribution is 4.83. The number of ether oxygens (including phenoxy) is 1. The van der Waals surface area contributed by atoms with Crippen LogP contribution in [0, 0.1) is 5.92 Å². The molecule has 90 valence electrons. The van der Waals surface area contributed by atoms with Gasteiger partial charge in [-0.2, -0.15) is 0 Å². The molecule has 1 fully saturated rings. The van der Waals surface area contributed by atoms with Gasteiger partial charge in [-0.1, -0.05) is 26.7 Å². The smallest absolute Gasteiger partial charge is 0.0732 e. The zero-order valence-electron chi connectivity index (χ0n) is 10.8. The normalized spacial score (nSPS) is 30.4. The quantitative estimate of drug-likeness (QED) is 0.732. The Morgan fingerprint density at radius 1 is 1.40 bits per heavy atom. The predicted octanol–water partition coefficient (Wildman–Crippen LogP) is 2.97. The Labute approximate surface area is 94.8 Å². The summed E-state index contributed by atoms with van der Waals surface area (Å²) in [6.07, 6.45) is 7.25. The fourth-order valence-electron chi connectivity index (χ4n) is 2.63. The van der Waals surface area contributed by atoms with Crippen molar-refractivity contribution in [2.45, 2.75) is 71.1 Å².